The average Bonchev–Trinajstić information content (AvgIpc) is 3.02. The number of nitrogens with zero attached hydrogens (tertiary/aromatic N) is 2. The fourth-order valence-corrected chi connectivity index (χ4v) is 2.00. The van der Waals surface area contributed by atoms with Crippen LogP contribution in [0, 0.1) is 5.41 Å². The van der Waals surface area contributed by atoms with E-state index in [1.54, 1.807) is 0 Å². The van der Waals surface area contributed by atoms with Gasteiger partial charge in [-0.1, -0.05) is 6.92 Å². The molecule has 1 atom stereocenters. The molecule has 1 heterocycles. The van der Waals surface area contributed by atoms with Crippen LogP contribution in [0.4, 0.5) is 0 Å². The Morgan fingerprint density at radius 1 is 1.65 bits per heavy atom. The van der Waals surface area contributed by atoms with Gasteiger partial charge in [0.2, 0.25) is 0 Å². The van der Waals surface area contributed by atoms with Gasteiger partial charge in [0, 0.05) is 24.2 Å². The lowest BCUT2D eigenvalue weighted by Gasteiger charge is -2.10. The first-order valence-electron chi connectivity index (χ1n) is 6.38. The molecule has 17 heavy (non-hydrogen) atoms. The molecule has 94 valence electrons. The Hall–Kier alpha value is -1.16. The number of Topliss-reactive ketones (excluding diaryl/α,β-unsaturated/α-hetero) is 1. The van der Waals surface area contributed by atoms with Crippen LogP contribution < -0.4 is 5.73 Å². The third-order valence-corrected chi connectivity index (χ3v) is 3.88. The Balaban J connectivity index is 2.00. The van der Waals surface area contributed by atoms with Crippen LogP contribution in [0.2, 0.25) is 0 Å². The molecule has 0 aliphatic heterocycles. The van der Waals surface area contributed by atoms with Crippen molar-refractivity contribution in [2.24, 2.45) is 11.1 Å². The molecule has 0 spiro atoms. The van der Waals surface area contributed by atoms with Crippen molar-refractivity contribution >= 4 is 5.78 Å². The summed E-state index contributed by atoms with van der Waals surface area (Å²) in [5.41, 5.74) is 6.31. The predicted octanol–water partition coefficient (Wildman–Crippen LogP) is 1.70. The van der Waals surface area contributed by atoms with Gasteiger partial charge in [0.1, 0.15) is 5.78 Å². The highest BCUT2D eigenvalue weighted by Gasteiger charge is 2.47. The lowest BCUT2D eigenvalue weighted by atomic mass is 9.98. The molecule has 0 aromatic carbocycles. The van der Waals surface area contributed by atoms with Crippen molar-refractivity contribution in [1.29, 1.82) is 0 Å². The van der Waals surface area contributed by atoms with E-state index in [4.69, 9.17) is 5.73 Å². The zero-order valence-corrected chi connectivity index (χ0v) is 10.6. The van der Waals surface area contributed by atoms with Crippen LogP contribution in [-0.4, -0.2) is 22.1 Å². The fourth-order valence-electron chi connectivity index (χ4n) is 2.00. The lowest BCUT2D eigenvalue weighted by Crippen LogP contribution is -2.26. The van der Waals surface area contributed by atoms with E-state index < -0.39 is 0 Å². The average molecular weight is 235 g/mol. The van der Waals surface area contributed by atoms with Gasteiger partial charge < -0.3 is 5.73 Å². The summed E-state index contributed by atoms with van der Waals surface area (Å²) in [6.45, 7) is 4.74. The van der Waals surface area contributed by atoms with Gasteiger partial charge in [-0.15, -0.1) is 0 Å². The van der Waals surface area contributed by atoms with Crippen LogP contribution in [0.15, 0.2) is 12.3 Å². The number of aromatic nitrogens is 2. The summed E-state index contributed by atoms with van der Waals surface area (Å²) in [6, 6.07) is 2.33. The Labute approximate surface area is 102 Å². The quantitative estimate of drug-likeness (QED) is 0.816. The summed E-state index contributed by atoms with van der Waals surface area (Å²) >= 11 is 0. The van der Waals surface area contributed by atoms with Crippen LogP contribution >= 0.6 is 0 Å². The van der Waals surface area contributed by atoms with Crippen molar-refractivity contribution in [1.82, 2.24) is 9.78 Å². The number of hydrogen-bond donors (Lipinski definition) is 1. The first-order valence-corrected chi connectivity index (χ1v) is 6.38. The van der Waals surface area contributed by atoms with E-state index in [1.807, 2.05) is 16.9 Å². The summed E-state index contributed by atoms with van der Waals surface area (Å²) in [6.07, 6.45) is 5.34. The zero-order chi connectivity index (χ0) is 12.5. The molecule has 1 aliphatic rings. The smallest absolute Gasteiger partial charge is 0.146 e. The number of rotatable bonds is 6. The van der Waals surface area contributed by atoms with Crippen molar-refractivity contribution < 1.29 is 4.79 Å². The van der Waals surface area contributed by atoms with E-state index in [1.165, 1.54) is 0 Å². The molecule has 1 aromatic rings. The minimum atomic E-state index is -0.208. The maximum atomic E-state index is 12.0. The van der Waals surface area contributed by atoms with Crippen molar-refractivity contribution in [3.63, 3.8) is 0 Å². The molecular formula is C13H21N3O. The van der Waals surface area contributed by atoms with Crippen molar-refractivity contribution in [2.45, 2.75) is 45.6 Å². The standard InChI is InChI=1S/C13H21N3O/c1-3-10(2)16-7-4-11(15-16)8-12(17)13(9-14)5-6-13/h4,7,10H,3,5-6,8-9,14H2,1-2H3. The van der Waals surface area contributed by atoms with Gasteiger partial charge in [0.05, 0.1) is 12.1 Å². The van der Waals surface area contributed by atoms with Crippen LogP contribution in [0.25, 0.3) is 0 Å². The Kier molecular flexibility index (Phi) is 3.33. The molecule has 4 nitrogen and oxygen atoms in total. The second-order valence-electron chi connectivity index (χ2n) is 5.13. The van der Waals surface area contributed by atoms with Gasteiger partial charge in [-0.05, 0) is 32.3 Å². The molecule has 1 aromatic heterocycles. The molecule has 2 N–H and O–H groups in total. The minimum Gasteiger partial charge on any atom is -0.329 e. The highest BCUT2D eigenvalue weighted by molar-refractivity contribution is 5.89. The monoisotopic (exact) mass is 235 g/mol. The number of hydrogen-bond acceptors (Lipinski definition) is 3. The minimum absolute atomic E-state index is 0.208. The largest absolute Gasteiger partial charge is 0.329 e. The zero-order valence-electron chi connectivity index (χ0n) is 10.6. The molecule has 1 aliphatic carbocycles. The summed E-state index contributed by atoms with van der Waals surface area (Å²) in [7, 11) is 0. The first kappa shape index (κ1) is 12.3. The summed E-state index contributed by atoms with van der Waals surface area (Å²) in [5.74, 6) is 0.259. The van der Waals surface area contributed by atoms with Gasteiger partial charge in [-0.3, -0.25) is 9.48 Å². The van der Waals surface area contributed by atoms with E-state index in [2.05, 4.69) is 18.9 Å². The Bertz CT molecular complexity index is 407. The van der Waals surface area contributed by atoms with Crippen LogP contribution in [0.1, 0.15) is 44.8 Å². The van der Waals surface area contributed by atoms with Crippen molar-refractivity contribution in [3.05, 3.63) is 18.0 Å². The second kappa shape index (κ2) is 4.61. The topological polar surface area (TPSA) is 60.9 Å². The molecular weight excluding hydrogens is 214 g/mol. The van der Waals surface area contributed by atoms with E-state index in [-0.39, 0.29) is 11.2 Å². The highest BCUT2D eigenvalue weighted by Crippen LogP contribution is 2.45. The maximum absolute atomic E-state index is 12.0. The molecule has 1 unspecified atom stereocenters. The molecule has 2 rings (SSSR count). The molecule has 0 radical (unpaired) electrons. The van der Waals surface area contributed by atoms with E-state index in [0.29, 0.717) is 19.0 Å². The first-order chi connectivity index (χ1) is 8.11. The molecule has 4 heteroatoms. The third kappa shape index (κ3) is 2.41. The molecule has 1 saturated carbocycles. The predicted molar refractivity (Wildman–Crippen MR) is 66.7 cm³/mol. The van der Waals surface area contributed by atoms with E-state index in [0.717, 1.165) is 25.0 Å². The third-order valence-electron chi connectivity index (χ3n) is 3.88. The second-order valence-corrected chi connectivity index (χ2v) is 5.13. The van der Waals surface area contributed by atoms with Crippen LogP contribution in [0.3, 0.4) is 0 Å². The number of carbonyl (C=O) groups excluding carboxylic acids is 1. The van der Waals surface area contributed by atoms with E-state index in [9.17, 15) is 4.79 Å². The van der Waals surface area contributed by atoms with Crippen LogP contribution in [0.5, 0.6) is 0 Å². The van der Waals surface area contributed by atoms with Gasteiger partial charge in [-0.2, -0.15) is 5.10 Å². The van der Waals surface area contributed by atoms with Crippen molar-refractivity contribution in [3.8, 4) is 0 Å². The van der Waals surface area contributed by atoms with Gasteiger partial charge in [0.25, 0.3) is 0 Å². The molecule has 1 fully saturated rings. The molecule has 0 bridgehead atoms. The lowest BCUT2D eigenvalue weighted by molar-refractivity contribution is -0.123. The Morgan fingerprint density at radius 3 is 2.88 bits per heavy atom. The fraction of sp³-hybridized carbons (Fsp3) is 0.692. The normalized spacial score (nSPS) is 19.0. The summed E-state index contributed by atoms with van der Waals surface area (Å²) < 4.78 is 1.94. The van der Waals surface area contributed by atoms with Gasteiger partial charge in [0.15, 0.2) is 0 Å². The summed E-state index contributed by atoms with van der Waals surface area (Å²) in [4.78, 5) is 12.0. The molecule has 0 saturated heterocycles. The number of ketones is 1. The SMILES string of the molecule is CCC(C)n1ccc(CC(=O)C2(CN)CC2)n1. The van der Waals surface area contributed by atoms with Gasteiger partial charge >= 0.3 is 0 Å². The summed E-state index contributed by atoms with van der Waals surface area (Å²) in [5, 5.41) is 4.45. The maximum Gasteiger partial charge on any atom is 0.146 e. The van der Waals surface area contributed by atoms with Gasteiger partial charge in [-0.25, -0.2) is 0 Å². The van der Waals surface area contributed by atoms with E-state index >= 15 is 0 Å². The Morgan fingerprint density at radius 2 is 2.35 bits per heavy atom. The molecule has 0 amide bonds. The number of nitrogens with two attached hydrogens (primary N) is 1. The van der Waals surface area contributed by atoms with Crippen LogP contribution in [-0.2, 0) is 11.2 Å². The highest BCUT2D eigenvalue weighted by atomic mass is 16.1. The van der Waals surface area contributed by atoms with Crippen molar-refractivity contribution in [2.75, 3.05) is 6.54 Å². The number of carbonyl (C=O) groups is 1.